The van der Waals surface area contributed by atoms with Crippen LogP contribution in [0.25, 0.3) is 11.3 Å². The van der Waals surface area contributed by atoms with E-state index < -0.39 is 19.1 Å². The maximum Gasteiger partial charge on any atom is 0.325 e. The lowest BCUT2D eigenvalue weighted by molar-refractivity contribution is 0.0951. The molecule has 0 atom stereocenters. The SMILES string of the molecule is Cn1nc(-c2ccc(C(=N)N)cc2)cc(C(=O)NCCCP(=O)(O)O)c1=O. The number of nitrogens with one attached hydrogen (secondary N) is 2. The molecular formula is C16H20N5O5P. The smallest absolute Gasteiger partial charge is 0.325 e. The highest BCUT2D eigenvalue weighted by atomic mass is 31.2. The monoisotopic (exact) mass is 393 g/mol. The van der Waals surface area contributed by atoms with Crippen molar-refractivity contribution in [2.24, 2.45) is 12.8 Å². The lowest BCUT2D eigenvalue weighted by Gasteiger charge is -2.09. The molecule has 1 aromatic carbocycles. The van der Waals surface area contributed by atoms with Gasteiger partial charge in [0.25, 0.3) is 11.5 Å². The minimum atomic E-state index is -4.13. The second kappa shape index (κ2) is 8.26. The van der Waals surface area contributed by atoms with Gasteiger partial charge in [0.2, 0.25) is 0 Å². The van der Waals surface area contributed by atoms with Gasteiger partial charge in [-0.15, -0.1) is 0 Å². The summed E-state index contributed by atoms with van der Waals surface area (Å²) < 4.78 is 11.9. The molecule has 0 aliphatic heterocycles. The van der Waals surface area contributed by atoms with Crippen LogP contribution in [-0.4, -0.2) is 44.0 Å². The van der Waals surface area contributed by atoms with Crippen LogP contribution in [-0.2, 0) is 11.6 Å². The number of nitrogens with two attached hydrogens (primary N) is 1. The summed E-state index contributed by atoms with van der Waals surface area (Å²) in [5.41, 5.74) is 6.24. The Bertz CT molecular complexity index is 964. The van der Waals surface area contributed by atoms with Crippen molar-refractivity contribution in [3.63, 3.8) is 0 Å². The zero-order valence-electron chi connectivity index (χ0n) is 14.5. The van der Waals surface area contributed by atoms with Gasteiger partial charge in [-0.2, -0.15) is 5.10 Å². The Morgan fingerprint density at radius 1 is 1.33 bits per heavy atom. The lowest BCUT2D eigenvalue weighted by atomic mass is 10.1. The summed E-state index contributed by atoms with van der Waals surface area (Å²) in [7, 11) is -2.71. The fourth-order valence-electron chi connectivity index (χ4n) is 2.32. The average molecular weight is 393 g/mol. The molecule has 6 N–H and O–H groups in total. The van der Waals surface area contributed by atoms with Gasteiger partial charge in [-0.3, -0.25) is 19.6 Å². The quantitative estimate of drug-likeness (QED) is 0.191. The van der Waals surface area contributed by atoms with Crippen LogP contribution in [0.15, 0.2) is 35.1 Å². The number of carbonyl (C=O) groups excluding carboxylic acids is 1. The van der Waals surface area contributed by atoms with E-state index in [-0.39, 0.29) is 30.5 Å². The molecule has 0 fully saturated rings. The van der Waals surface area contributed by atoms with Gasteiger partial charge in [0.15, 0.2) is 0 Å². The van der Waals surface area contributed by atoms with Crippen molar-refractivity contribution in [1.29, 1.82) is 5.41 Å². The number of nitrogens with zero attached hydrogens (tertiary/aromatic N) is 2. The average Bonchev–Trinajstić information content (AvgIpc) is 2.60. The number of carbonyl (C=O) groups is 1. The van der Waals surface area contributed by atoms with Crippen LogP contribution in [0.1, 0.15) is 22.3 Å². The lowest BCUT2D eigenvalue weighted by Crippen LogP contribution is -2.34. The van der Waals surface area contributed by atoms with E-state index in [2.05, 4.69) is 10.4 Å². The minimum absolute atomic E-state index is 0.0259. The highest BCUT2D eigenvalue weighted by molar-refractivity contribution is 7.51. The molecule has 0 saturated carbocycles. The molecule has 1 heterocycles. The summed E-state index contributed by atoms with van der Waals surface area (Å²) in [6.45, 7) is 0.0259. The second-order valence-electron chi connectivity index (χ2n) is 5.86. The van der Waals surface area contributed by atoms with Gasteiger partial charge in [0.1, 0.15) is 11.4 Å². The largest absolute Gasteiger partial charge is 0.384 e. The van der Waals surface area contributed by atoms with Crippen molar-refractivity contribution in [3.8, 4) is 11.3 Å². The summed E-state index contributed by atoms with van der Waals surface area (Å²) in [4.78, 5) is 42.1. The fraction of sp³-hybridized carbons (Fsp3) is 0.250. The Kier molecular flexibility index (Phi) is 6.27. The predicted octanol–water partition coefficient (Wildman–Crippen LogP) is 0.0290. The van der Waals surface area contributed by atoms with E-state index in [0.29, 0.717) is 16.8 Å². The third kappa shape index (κ3) is 5.58. The van der Waals surface area contributed by atoms with Gasteiger partial charge in [0, 0.05) is 24.7 Å². The number of benzene rings is 1. The van der Waals surface area contributed by atoms with E-state index >= 15 is 0 Å². The number of aryl methyl sites for hydroxylation is 1. The molecule has 0 aliphatic carbocycles. The van der Waals surface area contributed by atoms with Crippen molar-refractivity contribution in [3.05, 3.63) is 51.8 Å². The highest BCUT2D eigenvalue weighted by Gasteiger charge is 2.16. The molecule has 0 bridgehead atoms. The molecule has 0 saturated heterocycles. The Morgan fingerprint density at radius 2 is 1.96 bits per heavy atom. The van der Waals surface area contributed by atoms with E-state index in [4.69, 9.17) is 20.9 Å². The number of hydrogen-bond acceptors (Lipinski definition) is 5. The van der Waals surface area contributed by atoms with Gasteiger partial charge in [-0.25, -0.2) is 4.68 Å². The third-order valence-corrected chi connectivity index (χ3v) is 4.61. The second-order valence-corrected chi connectivity index (χ2v) is 7.64. The van der Waals surface area contributed by atoms with Crippen LogP contribution in [0.5, 0.6) is 0 Å². The normalized spacial score (nSPS) is 11.2. The molecule has 144 valence electrons. The fourth-order valence-corrected chi connectivity index (χ4v) is 2.89. The topological polar surface area (TPSA) is 171 Å². The van der Waals surface area contributed by atoms with Crippen molar-refractivity contribution in [1.82, 2.24) is 15.1 Å². The molecule has 2 aromatic rings. The molecule has 0 radical (unpaired) electrons. The molecule has 11 heteroatoms. The number of rotatable bonds is 7. The summed E-state index contributed by atoms with van der Waals surface area (Å²) in [6.07, 6.45) is -0.268. The Balaban J connectivity index is 2.22. The van der Waals surface area contributed by atoms with E-state index in [0.717, 1.165) is 4.68 Å². The first-order chi connectivity index (χ1) is 12.6. The Labute approximate surface area is 154 Å². The van der Waals surface area contributed by atoms with E-state index in [1.165, 1.54) is 13.1 Å². The zero-order chi connectivity index (χ0) is 20.2. The number of aromatic nitrogens is 2. The first-order valence-electron chi connectivity index (χ1n) is 7.94. The van der Waals surface area contributed by atoms with Crippen molar-refractivity contribution in [2.45, 2.75) is 6.42 Å². The molecule has 1 amide bonds. The van der Waals surface area contributed by atoms with Crippen LogP contribution in [0, 0.1) is 5.41 Å². The van der Waals surface area contributed by atoms with Gasteiger partial charge in [-0.05, 0) is 12.5 Å². The van der Waals surface area contributed by atoms with Crippen LogP contribution in [0.4, 0.5) is 0 Å². The standard InChI is InChI=1S/C16H20N5O5P/c1-21-16(23)12(15(22)19-7-2-8-27(24,25)26)9-13(20-21)10-3-5-11(6-4-10)14(17)18/h3-6,9H,2,7-8H2,1H3,(H3,17,18)(H,19,22)(H2,24,25,26). The predicted molar refractivity (Wildman–Crippen MR) is 99.8 cm³/mol. The van der Waals surface area contributed by atoms with Gasteiger partial charge in [-0.1, -0.05) is 24.3 Å². The van der Waals surface area contributed by atoms with E-state index in [1.807, 2.05) is 0 Å². The van der Waals surface area contributed by atoms with Gasteiger partial charge >= 0.3 is 7.60 Å². The molecule has 1 aromatic heterocycles. The van der Waals surface area contributed by atoms with Crippen LogP contribution in [0.2, 0.25) is 0 Å². The molecule has 0 unspecified atom stereocenters. The number of nitrogen functional groups attached to an aromatic ring is 1. The molecule has 10 nitrogen and oxygen atoms in total. The summed E-state index contributed by atoms with van der Waals surface area (Å²) in [6, 6.07) is 7.96. The zero-order valence-corrected chi connectivity index (χ0v) is 15.4. The first kappa shape index (κ1) is 20.5. The molecule has 0 aliphatic rings. The molecular weight excluding hydrogens is 373 g/mol. The summed E-state index contributed by atoms with van der Waals surface area (Å²) >= 11 is 0. The van der Waals surface area contributed by atoms with E-state index in [1.54, 1.807) is 24.3 Å². The van der Waals surface area contributed by atoms with Crippen molar-refractivity contribution >= 4 is 19.3 Å². The molecule has 27 heavy (non-hydrogen) atoms. The third-order valence-electron chi connectivity index (χ3n) is 3.71. The van der Waals surface area contributed by atoms with Gasteiger partial charge < -0.3 is 20.8 Å². The summed E-state index contributed by atoms with van der Waals surface area (Å²) in [5.74, 6) is -0.726. The first-order valence-corrected chi connectivity index (χ1v) is 9.74. The van der Waals surface area contributed by atoms with Crippen LogP contribution < -0.4 is 16.6 Å². The summed E-state index contributed by atoms with van der Waals surface area (Å²) in [5, 5.41) is 14.0. The van der Waals surface area contributed by atoms with Gasteiger partial charge in [0.05, 0.1) is 11.9 Å². The van der Waals surface area contributed by atoms with Crippen LogP contribution >= 0.6 is 7.60 Å². The molecule has 2 rings (SSSR count). The maximum atomic E-state index is 12.3. The van der Waals surface area contributed by atoms with Crippen LogP contribution in [0.3, 0.4) is 0 Å². The van der Waals surface area contributed by atoms with Crippen molar-refractivity contribution < 1.29 is 19.1 Å². The molecule has 0 spiro atoms. The Morgan fingerprint density at radius 3 is 2.52 bits per heavy atom. The number of amidine groups is 1. The number of amides is 1. The van der Waals surface area contributed by atoms with E-state index in [9.17, 15) is 14.2 Å². The van der Waals surface area contributed by atoms with Crippen molar-refractivity contribution in [2.75, 3.05) is 12.7 Å². The number of hydrogen-bond donors (Lipinski definition) is 5. The highest BCUT2D eigenvalue weighted by Crippen LogP contribution is 2.34. The maximum absolute atomic E-state index is 12.3. The Hall–Kier alpha value is -2.81. The minimum Gasteiger partial charge on any atom is -0.384 e.